The van der Waals surface area contributed by atoms with Gasteiger partial charge in [0.25, 0.3) is 0 Å². The molecule has 0 saturated heterocycles. The Hall–Kier alpha value is -1.61. The molecule has 2 atom stereocenters. The third-order valence-corrected chi connectivity index (χ3v) is 2.68. The van der Waals surface area contributed by atoms with Gasteiger partial charge in [0.2, 0.25) is 0 Å². The first-order valence-electron chi connectivity index (χ1n) is 5.46. The molecule has 0 saturated carbocycles. The second-order valence-corrected chi connectivity index (χ2v) is 3.91. The van der Waals surface area contributed by atoms with Crippen LogP contribution in [-0.2, 0) is 0 Å². The van der Waals surface area contributed by atoms with E-state index >= 15 is 0 Å². The molecule has 0 fully saturated rings. The monoisotopic (exact) mass is 216 g/mol. The molecule has 84 valence electrons. The lowest BCUT2D eigenvalue weighted by Crippen LogP contribution is -2.22. The zero-order chi connectivity index (χ0) is 11.4. The van der Waals surface area contributed by atoms with Crippen LogP contribution in [0.3, 0.4) is 0 Å². The quantitative estimate of drug-likeness (QED) is 0.853. The highest BCUT2D eigenvalue weighted by atomic mass is 16.3. The van der Waals surface area contributed by atoms with E-state index in [2.05, 4.69) is 24.1 Å². The number of aromatic nitrogens is 1. The summed E-state index contributed by atoms with van der Waals surface area (Å²) in [6.07, 6.45) is 5.32. The lowest BCUT2D eigenvalue weighted by atomic mass is 10.1. The summed E-state index contributed by atoms with van der Waals surface area (Å²) in [5.74, 6) is 0.959. The summed E-state index contributed by atoms with van der Waals surface area (Å²) < 4.78 is 5.36. The Balaban J connectivity index is 2.00. The summed E-state index contributed by atoms with van der Waals surface area (Å²) in [5.41, 5.74) is 1.23. The largest absolute Gasteiger partial charge is 0.468 e. The van der Waals surface area contributed by atoms with E-state index in [1.807, 2.05) is 36.7 Å². The van der Waals surface area contributed by atoms with Crippen molar-refractivity contribution in [3.8, 4) is 0 Å². The smallest absolute Gasteiger partial charge is 0.120 e. The third-order valence-electron chi connectivity index (χ3n) is 2.68. The van der Waals surface area contributed by atoms with Gasteiger partial charge in [-0.2, -0.15) is 0 Å². The van der Waals surface area contributed by atoms with Crippen molar-refractivity contribution in [2.45, 2.75) is 25.9 Å². The number of hydrogen-bond donors (Lipinski definition) is 1. The highest BCUT2D eigenvalue weighted by molar-refractivity contribution is 5.15. The van der Waals surface area contributed by atoms with E-state index < -0.39 is 0 Å². The van der Waals surface area contributed by atoms with Crippen LogP contribution in [0.2, 0.25) is 0 Å². The summed E-state index contributed by atoms with van der Waals surface area (Å²) in [7, 11) is 0. The van der Waals surface area contributed by atoms with Gasteiger partial charge in [-0.05, 0) is 43.7 Å². The van der Waals surface area contributed by atoms with Crippen LogP contribution in [-0.4, -0.2) is 4.98 Å². The molecule has 0 spiro atoms. The second-order valence-electron chi connectivity index (χ2n) is 3.91. The topological polar surface area (TPSA) is 38.1 Å². The molecular weight excluding hydrogens is 200 g/mol. The van der Waals surface area contributed by atoms with Crippen LogP contribution >= 0.6 is 0 Å². The van der Waals surface area contributed by atoms with Crippen molar-refractivity contribution >= 4 is 0 Å². The van der Waals surface area contributed by atoms with Gasteiger partial charge in [-0.1, -0.05) is 0 Å². The van der Waals surface area contributed by atoms with Crippen LogP contribution in [0.4, 0.5) is 0 Å². The first kappa shape index (κ1) is 10.9. The molecule has 2 rings (SSSR count). The van der Waals surface area contributed by atoms with Gasteiger partial charge in [0, 0.05) is 18.4 Å². The van der Waals surface area contributed by atoms with Crippen LogP contribution in [0.25, 0.3) is 0 Å². The van der Waals surface area contributed by atoms with Gasteiger partial charge >= 0.3 is 0 Å². The fourth-order valence-corrected chi connectivity index (χ4v) is 1.74. The van der Waals surface area contributed by atoms with Crippen molar-refractivity contribution in [3.63, 3.8) is 0 Å². The summed E-state index contributed by atoms with van der Waals surface area (Å²) in [5, 5.41) is 3.48. The number of nitrogens with zero attached hydrogens (tertiary/aromatic N) is 1. The molecule has 1 unspecified atom stereocenters. The minimum atomic E-state index is 0.207. The number of nitrogens with one attached hydrogen (secondary N) is 1. The van der Waals surface area contributed by atoms with E-state index in [0.29, 0.717) is 0 Å². The molecule has 2 heterocycles. The standard InChI is InChI=1S/C13H16N2O/c1-10(12-5-7-14-8-6-12)15-11(2)13-4-3-9-16-13/h3-11,15H,1-2H3/t10?,11-/m0/s1. The lowest BCUT2D eigenvalue weighted by Gasteiger charge is -2.18. The van der Waals surface area contributed by atoms with Gasteiger partial charge < -0.3 is 9.73 Å². The maximum atomic E-state index is 5.36. The predicted octanol–water partition coefficient (Wildman–Crippen LogP) is 3.09. The maximum absolute atomic E-state index is 5.36. The van der Waals surface area contributed by atoms with E-state index in [0.717, 1.165) is 5.76 Å². The van der Waals surface area contributed by atoms with Crippen LogP contribution in [0.15, 0.2) is 47.3 Å². The summed E-state index contributed by atoms with van der Waals surface area (Å²) >= 11 is 0. The molecule has 2 aromatic heterocycles. The average molecular weight is 216 g/mol. The summed E-state index contributed by atoms with van der Waals surface area (Å²) in [6.45, 7) is 4.23. The van der Waals surface area contributed by atoms with Crippen molar-refractivity contribution in [2.75, 3.05) is 0 Å². The van der Waals surface area contributed by atoms with Crippen LogP contribution < -0.4 is 5.32 Å². The zero-order valence-electron chi connectivity index (χ0n) is 9.55. The molecule has 3 heteroatoms. The molecule has 0 aliphatic carbocycles. The fraction of sp³-hybridized carbons (Fsp3) is 0.308. The summed E-state index contributed by atoms with van der Waals surface area (Å²) in [4.78, 5) is 4.01. The van der Waals surface area contributed by atoms with Crippen LogP contribution in [0.1, 0.15) is 37.3 Å². The van der Waals surface area contributed by atoms with Crippen molar-refractivity contribution < 1.29 is 4.42 Å². The SMILES string of the molecule is CC(N[C@@H](C)c1ccco1)c1ccncc1. The van der Waals surface area contributed by atoms with Crippen molar-refractivity contribution in [3.05, 3.63) is 54.2 Å². The molecule has 0 bridgehead atoms. The van der Waals surface area contributed by atoms with Crippen LogP contribution in [0.5, 0.6) is 0 Å². The van der Waals surface area contributed by atoms with Crippen molar-refractivity contribution in [1.82, 2.24) is 10.3 Å². The zero-order valence-corrected chi connectivity index (χ0v) is 9.55. The first-order valence-corrected chi connectivity index (χ1v) is 5.46. The Bertz CT molecular complexity index is 411. The van der Waals surface area contributed by atoms with E-state index in [9.17, 15) is 0 Å². The highest BCUT2D eigenvalue weighted by Crippen LogP contribution is 2.18. The Morgan fingerprint density at radius 3 is 2.50 bits per heavy atom. The molecule has 2 aromatic rings. The number of furan rings is 1. The molecule has 0 aliphatic rings. The number of hydrogen-bond acceptors (Lipinski definition) is 3. The molecule has 0 aromatic carbocycles. The predicted molar refractivity (Wildman–Crippen MR) is 62.9 cm³/mol. The minimum Gasteiger partial charge on any atom is -0.468 e. The molecule has 3 nitrogen and oxygen atoms in total. The van der Waals surface area contributed by atoms with E-state index in [4.69, 9.17) is 4.42 Å². The molecule has 0 radical (unpaired) electrons. The van der Waals surface area contributed by atoms with Gasteiger partial charge in [0.05, 0.1) is 12.3 Å². The highest BCUT2D eigenvalue weighted by Gasteiger charge is 2.12. The Morgan fingerprint density at radius 2 is 1.88 bits per heavy atom. The molecule has 16 heavy (non-hydrogen) atoms. The van der Waals surface area contributed by atoms with Crippen molar-refractivity contribution in [1.29, 1.82) is 0 Å². The Labute approximate surface area is 95.5 Å². The number of pyridine rings is 1. The van der Waals surface area contributed by atoms with Gasteiger partial charge in [0.15, 0.2) is 0 Å². The van der Waals surface area contributed by atoms with Gasteiger partial charge in [0.1, 0.15) is 5.76 Å². The van der Waals surface area contributed by atoms with Gasteiger partial charge in [-0.15, -0.1) is 0 Å². The lowest BCUT2D eigenvalue weighted by molar-refractivity contribution is 0.403. The molecular formula is C13H16N2O. The normalized spacial score (nSPS) is 14.6. The van der Waals surface area contributed by atoms with Gasteiger partial charge in [-0.3, -0.25) is 4.98 Å². The second kappa shape index (κ2) is 4.94. The van der Waals surface area contributed by atoms with Crippen LogP contribution in [0, 0.1) is 0 Å². The maximum Gasteiger partial charge on any atom is 0.120 e. The first-order chi connectivity index (χ1) is 7.77. The van der Waals surface area contributed by atoms with E-state index in [-0.39, 0.29) is 12.1 Å². The van der Waals surface area contributed by atoms with Gasteiger partial charge in [-0.25, -0.2) is 0 Å². The van der Waals surface area contributed by atoms with E-state index in [1.165, 1.54) is 5.56 Å². The third kappa shape index (κ3) is 2.49. The van der Waals surface area contributed by atoms with Crippen molar-refractivity contribution in [2.24, 2.45) is 0 Å². The molecule has 1 N–H and O–H groups in total. The molecule has 0 amide bonds. The fourth-order valence-electron chi connectivity index (χ4n) is 1.74. The van der Waals surface area contributed by atoms with E-state index in [1.54, 1.807) is 6.26 Å². The Morgan fingerprint density at radius 1 is 1.12 bits per heavy atom. The summed E-state index contributed by atoms with van der Waals surface area (Å²) in [6, 6.07) is 8.42. The Kier molecular flexibility index (Phi) is 3.37. The minimum absolute atomic E-state index is 0.207. The average Bonchev–Trinajstić information content (AvgIpc) is 2.83. The molecule has 0 aliphatic heterocycles. The number of rotatable bonds is 4.